The van der Waals surface area contributed by atoms with Crippen LogP contribution in [0.15, 0.2) is 12.2 Å². The first-order valence-electron chi connectivity index (χ1n) is 4.13. The lowest BCUT2D eigenvalue weighted by Crippen LogP contribution is -2.56. The number of carbonyl (C=O) groups excluding carboxylic acids is 1. The fourth-order valence-corrected chi connectivity index (χ4v) is 2.23. The molecule has 1 heterocycles. The molecule has 1 atom stereocenters. The fraction of sp³-hybridized carbons (Fsp3) is 0.667. The summed E-state index contributed by atoms with van der Waals surface area (Å²) in [5, 5.41) is 2.96. The first kappa shape index (κ1) is 9.65. The molecule has 1 unspecified atom stereocenters. The van der Waals surface area contributed by atoms with Gasteiger partial charge in [-0.25, -0.2) is 0 Å². The minimum absolute atomic E-state index is 0.0240. The average molecular weight is 185 g/mol. The third-order valence-electron chi connectivity index (χ3n) is 2.10. The van der Waals surface area contributed by atoms with Gasteiger partial charge in [-0.3, -0.25) is 4.79 Å². The van der Waals surface area contributed by atoms with Crippen molar-refractivity contribution < 1.29 is 4.79 Å². The zero-order valence-electron chi connectivity index (χ0n) is 7.76. The van der Waals surface area contributed by atoms with Crippen molar-refractivity contribution in [3.63, 3.8) is 0 Å². The lowest BCUT2D eigenvalue weighted by molar-refractivity contribution is -0.117. The molecule has 0 radical (unpaired) electrons. The van der Waals surface area contributed by atoms with Crippen LogP contribution < -0.4 is 5.32 Å². The van der Waals surface area contributed by atoms with E-state index in [9.17, 15) is 4.79 Å². The van der Waals surface area contributed by atoms with Crippen LogP contribution in [0.1, 0.15) is 20.8 Å². The molecule has 1 aliphatic rings. The molecule has 0 aromatic heterocycles. The molecule has 1 rings (SSSR count). The van der Waals surface area contributed by atoms with Gasteiger partial charge in [-0.2, -0.15) is 11.8 Å². The molecule has 1 aliphatic heterocycles. The van der Waals surface area contributed by atoms with Crippen LogP contribution in [0.2, 0.25) is 0 Å². The monoisotopic (exact) mass is 185 g/mol. The zero-order chi connectivity index (χ0) is 9.19. The molecule has 0 aromatic carbocycles. The lowest BCUT2D eigenvalue weighted by Gasteiger charge is -2.43. The summed E-state index contributed by atoms with van der Waals surface area (Å²) in [7, 11) is 0. The van der Waals surface area contributed by atoms with E-state index in [0.717, 1.165) is 5.75 Å². The Morgan fingerprint density at radius 3 is 2.67 bits per heavy atom. The topological polar surface area (TPSA) is 29.1 Å². The van der Waals surface area contributed by atoms with E-state index in [1.807, 2.05) is 18.7 Å². The Labute approximate surface area is 77.8 Å². The Hall–Kier alpha value is -0.440. The van der Waals surface area contributed by atoms with E-state index < -0.39 is 0 Å². The predicted octanol–water partition coefficient (Wildman–Crippen LogP) is 1.57. The predicted molar refractivity (Wildman–Crippen MR) is 53.3 cm³/mol. The van der Waals surface area contributed by atoms with Crippen LogP contribution in [0.5, 0.6) is 0 Å². The van der Waals surface area contributed by atoms with Crippen LogP contribution in [0.25, 0.3) is 0 Å². The first-order chi connectivity index (χ1) is 5.56. The van der Waals surface area contributed by atoms with Crippen molar-refractivity contribution in [1.82, 2.24) is 5.32 Å². The van der Waals surface area contributed by atoms with E-state index in [4.69, 9.17) is 0 Å². The van der Waals surface area contributed by atoms with Gasteiger partial charge >= 0.3 is 0 Å². The highest BCUT2D eigenvalue weighted by atomic mass is 32.2. The maximum atomic E-state index is 11.1. The quantitative estimate of drug-likeness (QED) is 0.662. The zero-order valence-corrected chi connectivity index (χ0v) is 8.57. The number of thioether (sulfide) groups is 1. The molecule has 12 heavy (non-hydrogen) atoms. The van der Waals surface area contributed by atoms with Gasteiger partial charge in [-0.05, 0) is 26.8 Å². The number of carbonyl (C=O) groups is 1. The lowest BCUT2D eigenvalue weighted by atomic mass is 10.0. The van der Waals surface area contributed by atoms with Gasteiger partial charge in [0.1, 0.15) is 0 Å². The third kappa shape index (κ3) is 2.03. The minimum Gasteiger partial charge on any atom is -0.348 e. The Morgan fingerprint density at radius 2 is 2.33 bits per heavy atom. The standard InChI is InChI=1S/C9H15NOS/c1-4-5-8(11)10-7-6-12-9(7,2)3/h4-5,7H,6H2,1-3H3,(H,10,11). The largest absolute Gasteiger partial charge is 0.348 e. The van der Waals surface area contributed by atoms with E-state index in [2.05, 4.69) is 19.2 Å². The van der Waals surface area contributed by atoms with Gasteiger partial charge in [0, 0.05) is 10.5 Å². The molecule has 68 valence electrons. The molecule has 1 amide bonds. The van der Waals surface area contributed by atoms with Crippen LogP contribution in [0.3, 0.4) is 0 Å². The summed E-state index contributed by atoms with van der Waals surface area (Å²) in [6.45, 7) is 6.16. The van der Waals surface area contributed by atoms with Gasteiger partial charge in [0.25, 0.3) is 0 Å². The highest BCUT2D eigenvalue weighted by Gasteiger charge is 2.39. The van der Waals surface area contributed by atoms with Gasteiger partial charge in [0.2, 0.25) is 5.91 Å². The number of hydrogen-bond donors (Lipinski definition) is 1. The molecule has 0 spiro atoms. The summed E-state index contributed by atoms with van der Waals surface area (Å²) in [4.78, 5) is 11.1. The molecular weight excluding hydrogens is 170 g/mol. The second-order valence-corrected chi connectivity index (χ2v) is 5.15. The van der Waals surface area contributed by atoms with Gasteiger partial charge in [-0.15, -0.1) is 0 Å². The normalized spacial score (nSPS) is 26.8. The summed E-state index contributed by atoms with van der Waals surface area (Å²) in [6.07, 6.45) is 3.33. The Kier molecular flexibility index (Phi) is 2.83. The molecule has 3 heteroatoms. The number of nitrogens with one attached hydrogen (secondary N) is 1. The second-order valence-electron chi connectivity index (χ2n) is 3.48. The van der Waals surface area contributed by atoms with E-state index >= 15 is 0 Å². The van der Waals surface area contributed by atoms with Crippen LogP contribution in [0, 0.1) is 0 Å². The van der Waals surface area contributed by atoms with Gasteiger partial charge in [-0.1, -0.05) is 6.08 Å². The third-order valence-corrected chi connectivity index (χ3v) is 3.62. The van der Waals surface area contributed by atoms with Crippen molar-refractivity contribution in [2.75, 3.05) is 5.75 Å². The SMILES string of the molecule is CC=CC(=O)NC1CSC1(C)C. The Bertz CT molecular complexity index is 211. The molecule has 0 bridgehead atoms. The summed E-state index contributed by atoms with van der Waals surface area (Å²) < 4.78 is 0.219. The Morgan fingerprint density at radius 1 is 1.67 bits per heavy atom. The van der Waals surface area contributed by atoms with Crippen LogP contribution in [-0.4, -0.2) is 22.4 Å². The van der Waals surface area contributed by atoms with Crippen LogP contribution in [-0.2, 0) is 4.79 Å². The van der Waals surface area contributed by atoms with Crippen LogP contribution >= 0.6 is 11.8 Å². The van der Waals surface area contributed by atoms with Gasteiger partial charge in [0.05, 0.1) is 6.04 Å². The maximum absolute atomic E-state index is 11.1. The van der Waals surface area contributed by atoms with E-state index in [0.29, 0.717) is 6.04 Å². The molecule has 0 aliphatic carbocycles. The second kappa shape index (κ2) is 3.52. The summed E-state index contributed by atoms with van der Waals surface area (Å²) in [5.41, 5.74) is 0. The molecule has 0 aromatic rings. The summed E-state index contributed by atoms with van der Waals surface area (Å²) >= 11 is 1.89. The van der Waals surface area contributed by atoms with Crippen molar-refractivity contribution in [2.24, 2.45) is 0 Å². The molecule has 1 saturated heterocycles. The number of amides is 1. The Balaban J connectivity index is 2.37. The molecule has 0 saturated carbocycles. The average Bonchev–Trinajstić information content (AvgIpc) is 1.99. The number of rotatable bonds is 2. The van der Waals surface area contributed by atoms with E-state index in [1.54, 1.807) is 12.2 Å². The highest BCUT2D eigenvalue weighted by Crippen LogP contribution is 2.39. The van der Waals surface area contributed by atoms with Crippen molar-refractivity contribution in [3.05, 3.63) is 12.2 Å². The summed E-state index contributed by atoms with van der Waals surface area (Å²) in [5.74, 6) is 1.06. The number of allylic oxidation sites excluding steroid dienone is 1. The first-order valence-corrected chi connectivity index (χ1v) is 5.12. The van der Waals surface area contributed by atoms with E-state index in [1.165, 1.54) is 0 Å². The molecule has 2 nitrogen and oxygen atoms in total. The number of hydrogen-bond acceptors (Lipinski definition) is 2. The molecule has 1 N–H and O–H groups in total. The smallest absolute Gasteiger partial charge is 0.243 e. The maximum Gasteiger partial charge on any atom is 0.243 e. The van der Waals surface area contributed by atoms with Crippen LogP contribution in [0.4, 0.5) is 0 Å². The van der Waals surface area contributed by atoms with Crippen molar-refractivity contribution in [1.29, 1.82) is 0 Å². The fourth-order valence-electron chi connectivity index (χ4n) is 1.09. The van der Waals surface area contributed by atoms with Crippen molar-refractivity contribution >= 4 is 17.7 Å². The molecule has 1 fully saturated rings. The summed E-state index contributed by atoms with van der Waals surface area (Å²) in [6, 6.07) is 0.339. The minimum atomic E-state index is 0.0240. The highest BCUT2D eigenvalue weighted by molar-refractivity contribution is 8.02. The van der Waals surface area contributed by atoms with E-state index in [-0.39, 0.29) is 10.7 Å². The molecular formula is C9H15NOS. The van der Waals surface area contributed by atoms with Gasteiger partial charge < -0.3 is 5.32 Å². The van der Waals surface area contributed by atoms with Gasteiger partial charge in [0.15, 0.2) is 0 Å². The van der Waals surface area contributed by atoms with Crippen molar-refractivity contribution in [2.45, 2.75) is 31.6 Å². The van der Waals surface area contributed by atoms with Crippen molar-refractivity contribution in [3.8, 4) is 0 Å².